The van der Waals surface area contributed by atoms with Crippen LogP contribution < -0.4 is 10.2 Å². The molecule has 0 aromatic heterocycles. The highest BCUT2D eigenvalue weighted by Gasteiger charge is 2.39. The summed E-state index contributed by atoms with van der Waals surface area (Å²) in [5.41, 5.74) is 2.33. The zero-order valence-electron chi connectivity index (χ0n) is 24.3. The van der Waals surface area contributed by atoms with Crippen LogP contribution in [0.4, 0.5) is 18.0 Å². The number of aliphatic carboxylic acids is 1. The second-order valence-electron chi connectivity index (χ2n) is 10.8. The van der Waals surface area contributed by atoms with Crippen LogP contribution >= 0.6 is 0 Å². The maximum atomic E-state index is 13.0. The van der Waals surface area contributed by atoms with Gasteiger partial charge in [0.1, 0.15) is 5.75 Å². The SMILES string of the molecule is CCCCCCCN1C(=O)C(OCCCCCc2cccc(OC(C)(C)C(=O)O)c2)NN(CCCC(F)(F)F)C1=O. The summed E-state index contributed by atoms with van der Waals surface area (Å²) in [6.45, 7) is 5.29. The molecule has 1 fully saturated rings. The van der Waals surface area contributed by atoms with Crippen LogP contribution in [-0.2, 0) is 20.7 Å². The quantitative estimate of drug-likeness (QED) is 0.189. The number of hydrogen-bond donors (Lipinski definition) is 2. The smallest absolute Gasteiger partial charge is 0.389 e. The summed E-state index contributed by atoms with van der Waals surface area (Å²) in [5.74, 6) is -1.11. The second kappa shape index (κ2) is 16.5. The van der Waals surface area contributed by atoms with Crippen LogP contribution in [0.15, 0.2) is 24.3 Å². The molecule has 41 heavy (non-hydrogen) atoms. The Morgan fingerprint density at radius 2 is 1.71 bits per heavy atom. The van der Waals surface area contributed by atoms with Gasteiger partial charge in [-0.2, -0.15) is 18.6 Å². The number of nitrogens with one attached hydrogen (secondary N) is 1. The van der Waals surface area contributed by atoms with Gasteiger partial charge in [0.2, 0.25) is 6.23 Å². The Morgan fingerprint density at radius 3 is 2.39 bits per heavy atom. The summed E-state index contributed by atoms with van der Waals surface area (Å²) in [5, 5.41) is 10.3. The predicted molar refractivity (Wildman–Crippen MR) is 147 cm³/mol. The van der Waals surface area contributed by atoms with E-state index in [1.165, 1.54) is 13.8 Å². The average molecular weight is 588 g/mol. The molecular formula is C29H44F3N3O6. The van der Waals surface area contributed by atoms with Crippen molar-refractivity contribution in [1.29, 1.82) is 0 Å². The largest absolute Gasteiger partial charge is 0.478 e. The van der Waals surface area contributed by atoms with Crippen molar-refractivity contribution in [2.75, 3.05) is 19.7 Å². The standard InChI is InChI=1S/C29H44F3N3O6/c1-4-5-6-7-10-18-34-25(36)24(33-35(27(34)39)19-13-17-29(30,31)32)40-20-11-8-9-14-22-15-12-16-23(21-22)41-28(2,3)26(37)38/h12,15-16,21,24,33H,4-11,13-14,17-20H2,1-3H3,(H,37,38). The lowest BCUT2D eigenvalue weighted by atomic mass is 10.1. The van der Waals surface area contributed by atoms with Gasteiger partial charge in [0, 0.05) is 26.1 Å². The van der Waals surface area contributed by atoms with Crippen LogP contribution in [-0.4, -0.2) is 70.6 Å². The van der Waals surface area contributed by atoms with Crippen molar-refractivity contribution in [1.82, 2.24) is 15.3 Å². The number of hydrazine groups is 1. The monoisotopic (exact) mass is 587 g/mol. The molecule has 0 aliphatic carbocycles. The number of nitrogens with zero attached hydrogens (tertiary/aromatic N) is 2. The first kappa shape index (κ1) is 34.3. The van der Waals surface area contributed by atoms with Gasteiger partial charge in [0.05, 0.1) is 0 Å². The molecule has 1 atom stereocenters. The molecule has 1 heterocycles. The number of imide groups is 1. The second-order valence-corrected chi connectivity index (χ2v) is 10.8. The third-order valence-electron chi connectivity index (χ3n) is 6.73. The number of aryl methyl sites for hydroxylation is 1. The van der Waals surface area contributed by atoms with Crippen molar-refractivity contribution in [3.05, 3.63) is 29.8 Å². The van der Waals surface area contributed by atoms with E-state index in [1.54, 1.807) is 6.07 Å². The molecule has 9 nitrogen and oxygen atoms in total. The normalized spacial score (nSPS) is 16.4. The number of alkyl halides is 3. The lowest BCUT2D eigenvalue weighted by Gasteiger charge is -2.39. The number of carbonyl (C=O) groups excluding carboxylic acids is 2. The van der Waals surface area contributed by atoms with E-state index < -0.39 is 42.3 Å². The van der Waals surface area contributed by atoms with Crippen molar-refractivity contribution in [2.45, 2.75) is 109 Å². The molecule has 12 heteroatoms. The number of rotatable bonds is 19. The third-order valence-corrected chi connectivity index (χ3v) is 6.73. The van der Waals surface area contributed by atoms with Gasteiger partial charge in [-0.15, -0.1) is 0 Å². The number of benzene rings is 1. The Bertz CT molecular complexity index is 989. The van der Waals surface area contributed by atoms with Crippen LogP contribution in [0.25, 0.3) is 0 Å². The minimum Gasteiger partial charge on any atom is -0.478 e. The van der Waals surface area contributed by atoms with Gasteiger partial charge in [-0.25, -0.2) is 9.59 Å². The molecule has 1 aromatic carbocycles. The average Bonchev–Trinajstić information content (AvgIpc) is 2.89. The van der Waals surface area contributed by atoms with Gasteiger partial charge >= 0.3 is 18.2 Å². The van der Waals surface area contributed by atoms with E-state index in [4.69, 9.17) is 9.47 Å². The van der Waals surface area contributed by atoms with Crippen molar-refractivity contribution in [3.63, 3.8) is 0 Å². The highest BCUT2D eigenvalue weighted by molar-refractivity contribution is 5.98. The van der Waals surface area contributed by atoms with Crippen molar-refractivity contribution in [2.24, 2.45) is 0 Å². The molecule has 3 amide bonds. The molecule has 0 saturated carbocycles. The van der Waals surface area contributed by atoms with Gasteiger partial charge in [0.25, 0.3) is 5.91 Å². The number of carboxylic acid groups (broad SMARTS) is 1. The Morgan fingerprint density at radius 1 is 1.00 bits per heavy atom. The number of ether oxygens (including phenoxy) is 2. The van der Waals surface area contributed by atoms with Crippen LogP contribution in [0.1, 0.15) is 90.5 Å². The van der Waals surface area contributed by atoms with Crippen LogP contribution in [0.2, 0.25) is 0 Å². The van der Waals surface area contributed by atoms with E-state index in [1.807, 2.05) is 18.2 Å². The Kier molecular flexibility index (Phi) is 13.9. The number of urea groups is 1. The zero-order valence-corrected chi connectivity index (χ0v) is 24.3. The first-order valence-corrected chi connectivity index (χ1v) is 14.4. The fourth-order valence-corrected chi connectivity index (χ4v) is 4.33. The molecule has 1 saturated heterocycles. The summed E-state index contributed by atoms with van der Waals surface area (Å²) in [4.78, 5) is 38.2. The van der Waals surface area contributed by atoms with Crippen molar-refractivity contribution in [3.8, 4) is 5.75 Å². The summed E-state index contributed by atoms with van der Waals surface area (Å²) in [7, 11) is 0. The number of hydrogen-bond acceptors (Lipinski definition) is 6. The Labute approximate surface area is 240 Å². The number of unbranched alkanes of at least 4 members (excludes halogenated alkanes) is 6. The molecule has 0 spiro atoms. The molecule has 1 aromatic rings. The van der Waals surface area contributed by atoms with E-state index in [0.717, 1.165) is 60.4 Å². The van der Waals surface area contributed by atoms with Gasteiger partial charge in [-0.05, 0) is 63.6 Å². The lowest BCUT2D eigenvalue weighted by Crippen LogP contribution is -2.66. The van der Waals surface area contributed by atoms with E-state index in [2.05, 4.69) is 12.3 Å². The number of carbonyl (C=O) groups is 3. The summed E-state index contributed by atoms with van der Waals surface area (Å²) in [6.07, 6.45) is 0.757. The topological polar surface area (TPSA) is 108 Å². The van der Waals surface area contributed by atoms with Crippen molar-refractivity contribution >= 4 is 17.9 Å². The summed E-state index contributed by atoms with van der Waals surface area (Å²) < 4.78 is 49.3. The number of halogens is 3. The number of carboxylic acids is 1. The van der Waals surface area contributed by atoms with Crippen molar-refractivity contribution < 1.29 is 42.1 Å². The molecule has 232 valence electrons. The summed E-state index contributed by atoms with van der Waals surface area (Å²) >= 11 is 0. The summed E-state index contributed by atoms with van der Waals surface area (Å²) in [6, 6.07) is 6.62. The van der Waals surface area contributed by atoms with Gasteiger partial charge < -0.3 is 14.6 Å². The third kappa shape index (κ3) is 12.3. The molecule has 2 rings (SSSR count). The molecule has 0 bridgehead atoms. The highest BCUT2D eigenvalue weighted by atomic mass is 19.4. The van der Waals surface area contributed by atoms with Gasteiger partial charge in [-0.3, -0.25) is 14.7 Å². The van der Waals surface area contributed by atoms with Gasteiger partial charge in [-0.1, -0.05) is 51.2 Å². The minimum absolute atomic E-state index is 0.190. The molecule has 1 aliphatic rings. The molecule has 2 N–H and O–H groups in total. The Hall–Kier alpha value is -2.86. The fraction of sp³-hybridized carbons (Fsp3) is 0.690. The lowest BCUT2D eigenvalue weighted by molar-refractivity contribution is -0.155. The molecule has 1 aliphatic heterocycles. The predicted octanol–water partition coefficient (Wildman–Crippen LogP) is 6.07. The van der Waals surface area contributed by atoms with Crippen LogP contribution in [0, 0.1) is 0 Å². The highest BCUT2D eigenvalue weighted by Crippen LogP contribution is 2.23. The fourth-order valence-electron chi connectivity index (χ4n) is 4.33. The maximum absolute atomic E-state index is 13.0. The maximum Gasteiger partial charge on any atom is 0.389 e. The Balaban J connectivity index is 1.84. The first-order chi connectivity index (χ1) is 19.3. The van der Waals surface area contributed by atoms with E-state index >= 15 is 0 Å². The van der Waals surface area contributed by atoms with Gasteiger partial charge in [0.15, 0.2) is 5.60 Å². The van der Waals surface area contributed by atoms with E-state index in [0.29, 0.717) is 18.6 Å². The first-order valence-electron chi connectivity index (χ1n) is 14.4. The van der Waals surface area contributed by atoms with Crippen LogP contribution in [0.3, 0.4) is 0 Å². The minimum atomic E-state index is -4.33. The zero-order chi connectivity index (χ0) is 30.5. The number of amides is 3. The molecular weight excluding hydrogens is 543 g/mol. The van der Waals surface area contributed by atoms with Crippen LogP contribution in [0.5, 0.6) is 5.75 Å². The van der Waals surface area contributed by atoms with E-state index in [-0.39, 0.29) is 26.1 Å². The van der Waals surface area contributed by atoms with E-state index in [9.17, 15) is 32.7 Å². The molecule has 0 radical (unpaired) electrons. The molecule has 1 unspecified atom stereocenters.